The van der Waals surface area contributed by atoms with Gasteiger partial charge >= 0.3 is 0 Å². The summed E-state index contributed by atoms with van der Waals surface area (Å²) in [6, 6.07) is 0.432. The Morgan fingerprint density at radius 1 is 1.20 bits per heavy atom. The van der Waals surface area contributed by atoms with E-state index < -0.39 is 5.54 Å². The molecule has 0 aromatic carbocycles. The molecule has 1 aliphatic rings. The molecule has 2 unspecified atom stereocenters. The van der Waals surface area contributed by atoms with E-state index in [0.717, 1.165) is 65.2 Å². The van der Waals surface area contributed by atoms with Crippen molar-refractivity contribution < 1.29 is 14.6 Å². The zero-order valence-electron chi connectivity index (χ0n) is 13.1. The van der Waals surface area contributed by atoms with Crippen LogP contribution >= 0.6 is 0 Å². The summed E-state index contributed by atoms with van der Waals surface area (Å²) < 4.78 is 11.0. The second-order valence-electron chi connectivity index (χ2n) is 5.70. The summed E-state index contributed by atoms with van der Waals surface area (Å²) >= 11 is 0. The number of aliphatic hydroxyl groups excluding tert-OH is 1. The fourth-order valence-electron chi connectivity index (χ4n) is 2.95. The number of nitrogens with zero attached hydrogens (tertiary/aromatic N) is 1. The lowest BCUT2D eigenvalue weighted by Gasteiger charge is -2.42. The maximum Gasteiger partial charge on any atom is 0.0611 e. The van der Waals surface area contributed by atoms with E-state index in [1.54, 1.807) is 0 Å². The Kier molecular flexibility index (Phi) is 8.64. The minimum absolute atomic E-state index is 0.0776. The molecule has 120 valence electrons. The molecule has 3 N–H and O–H groups in total. The van der Waals surface area contributed by atoms with Crippen LogP contribution in [0.3, 0.4) is 0 Å². The van der Waals surface area contributed by atoms with Crippen LogP contribution < -0.4 is 5.73 Å². The second-order valence-corrected chi connectivity index (χ2v) is 5.70. The van der Waals surface area contributed by atoms with Gasteiger partial charge in [-0.25, -0.2) is 0 Å². The number of aliphatic hydroxyl groups is 1. The third kappa shape index (κ3) is 6.06. The molecule has 1 rings (SSSR count). The zero-order valence-corrected chi connectivity index (χ0v) is 13.1. The average molecular weight is 288 g/mol. The Hall–Kier alpha value is -0.200. The average Bonchev–Trinajstić information content (AvgIpc) is 2.46. The fraction of sp³-hybridized carbons (Fsp3) is 1.00. The van der Waals surface area contributed by atoms with Crippen LogP contribution in [-0.4, -0.2) is 67.7 Å². The van der Waals surface area contributed by atoms with Crippen LogP contribution in [0.5, 0.6) is 0 Å². The maximum atomic E-state index is 9.49. The molecule has 1 aliphatic carbocycles. The minimum atomic E-state index is -0.404. The Labute approximate surface area is 123 Å². The maximum absolute atomic E-state index is 9.49. The Morgan fingerprint density at radius 2 is 1.80 bits per heavy atom. The largest absolute Gasteiger partial charge is 0.394 e. The first-order valence-electron chi connectivity index (χ1n) is 7.94. The van der Waals surface area contributed by atoms with Crippen molar-refractivity contribution in [2.24, 2.45) is 5.73 Å². The summed E-state index contributed by atoms with van der Waals surface area (Å²) in [4.78, 5) is 2.42. The number of hydrogen-bond acceptors (Lipinski definition) is 5. The van der Waals surface area contributed by atoms with E-state index in [1.807, 2.05) is 13.8 Å². The van der Waals surface area contributed by atoms with E-state index in [9.17, 15) is 5.11 Å². The first-order valence-corrected chi connectivity index (χ1v) is 7.94. The lowest BCUT2D eigenvalue weighted by Crippen LogP contribution is -2.54. The van der Waals surface area contributed by atoms with Crippen molar-refractivity contribution in [2.45, 2.75) is 51.1 Å². The molecule has 2 atom stereocenters. The highest BCUT2D eigenvalue weighted by molar-refractivity contribution is 4.93. The Balaban J connectivity index is 2.50. The van der Waals surface area contributed by atoms with Crippen LogP contribution in [0.4, 0.5) is 0 Å². The normalized spacial score (nSPS) is 27.1. The molecule has 0 aliphatic heterocycles. The number of rotatable bonds is 10. The molecule has 0 amide bonds. The molecular formula is C15H32N2O3. The van der Waals surface area contributed by atoms with Crippen LogP contribution in [0.25, 0.3) is 0 Å². The highest BCUT2D eigenvalue weighted by atomic mass is 16.5. The van der Waals surface area contributed by atoms with Gasteiger partial charge in [-0.3, -0.25) is 4.90 Å². The van der Waals surface area contributed by atoms with Gasteiger partial charge in [-0.05, 0) is 39.5 Å². The summed E-state index contributed by atoms with van der Waals surface area (Å²) in [5.74, 6) is 0. The van der Waals surface area contributed by atoms with Gasteiger partial charge in [-0.2, -0.15) is 0 Å². The summed E-state index contributed by atoms with van der Waals surface area (Å²) in [5.41, 5.74) is 5.85. The monoisotopic (exact) mass is 288 g/mol. The Bertz CT molecular complexity index is 243. The molecular weight excluding hydrogens is 256 g/mol. The van der Waals surface area contributed by atoms with Gasteiger partial charge in [0.05, 0.1) is 19.8 Å². The van der Waals surface area contributed by atoms with E-state index in [4.69, 9.17) is 15.2 Å². The third-order valence-corrected chi connectivity index (χ3v) is 4.14. The van der Waals surface area contributed by atoms with Gasteiger partial charge in [0.2, 0.25) is 0 Å². The van der Waals surface area contributed by atoms with Gasteiger partial charge in [0, 0.05) is 37.9 Å². The van der Waals surface area contributed by atoms with Crippen molar-refractivity contribution in [1.82, 2.24) is 4.90 Å². The van der Waals surface area contributed by atoms with Crippen molar-refractivity contribution in [1.29, 1.82) is 0 Å². The SMILES string of the molecule is CCOCCN(CCOCC)C1CCCC(N)(CO)C1. The summed E-state index contributed by atoms with van der Waals surface area (Å²) in [6.07, 6.45) is 4.02. The van der Waals surface area contributed by atoms with E-state index in [2.05, 4.69) is 4.90 Å². The topological polar surface area (TPSA) is 68.0 Å². The van der Waals surface area contributed by atoms with Crippen LogP contribution in [-0.2, 0) is 9.47 Å². The molecule has 20 heavy (non-hydrogen) atoms. The van der Waals surface area contributed by atoms with Gasteiger partial charge in [0.15, 0.2) is 0 Å². The predicted molar refractivity (Wildman–Crippen MR) is 80.8 cm³/mol. The molecule has 5 heteroatoms. The summed E-state index contributed by atoms with van der Waals surface area (Å²) in [6.45, 7) is 8.92. The lowest BCUT2D eigenvalue weighted by atomic mass is 9.79. The molecule has 0 heterocycles. The van der Waals surface area contributed by atoms with Crippen LogP contribution in [0.1, 0.15) is 39.5 Å². The molecule has 1 saturated carbocycles. The van der Waals surface area contributed by atoms with Crippen molar-refractivity contribution in [3.05, 3.63) is 0 Å². The predicted octanol–water partition coefficient (Wildman–Crippen LogP) is 0.994. The third-order valence-electron chi connectivity index (χ3n) is 4.14. The molecule has 0 radical (unpaired) electrons. The van der Waals surface area contributed by atoms with Gasteiger partial charge in [0.1, 0.15) is 0 Å². The summed E-state index contributed by atoms with van der Waals surface area (Å²) in [5, 5.41) is 9.49. The first kappa shape index (κ1) is 17.9. The van der Waals surface area contributed by atoms with Crippen molar-refractivity contribution in [2.75, 3.05) is 46.1 Å². The molecule has 0 aromatic heterocycles. The molecule has 0 bridgehead atoms. The second kappa shape index (κ2) is 9.68. The van der Waals surface area contributed by atoms with Crippen molar-refractivity contribution in [3.63, 3.8) is 0 Å². The molecule has 1 fully saturated rings. The van der Waals surface area contributed by atoms with Gasteiger partial charge in [0.25, 0.3) is 0 Å². The van der Waals surface area contributed by atoms with Crippen LogP contribution in [0, 0.1) is 0 Å². The lowest BCUT2D eigenvalue weighted by molar-refractivity contribution is 0.0326. The van der Waals surface area contributed by atoms with Crippen molar-refractivity contribution in [3.8, 4) is 0 Å². The van der Waals surface area contributed by atoms with E-state index in [0.29, 0.717) is 6.04 Å². The van der Waals surface area contributed by atoms with Crippen LogP contribution in [0.15, 0.2) is 0 Å². The first-order chi connectivity index (χ1) is 9.65. The smallest absolute Gasteiger partial charge is 0.0611 e. The summed E-state index contributed by atoms with van der Waals surface area (Å²) in [7, 11) is 0. The molecule has 5 nitrogen and oxygen atoms in total. The van der Waals surface area contributed by atoms with Crippen molar-refractivity contribution >= 4 is 0 Å². The highest BCUT2D eigenvalue weighted by Crippen LogP contribution is 2.29. The van der Waals surface area contributed by atoms with Gasteiger partial charge in [-0.1, -0.05) is 0 Å². The van der Waals surface area contributed by atoms with E-state index >= 15 is 0 Å². The molecule has 0 spiro atoms. The quantitative estimate of drug-likeness (QED) is 0.587. The van der Waals surface area contributed by atoms with E-state index in [-0.39, 0.29) is 6.61 Å². The standard InChI is InChI=1S/C15H32N2O3/c1-3-19-10-8-17(9-11-20-4-2)14-6-5-7-15(16,12-14)13-18/h14,18H,3-13,16H2,1-2H3. The number of nitrogens with two attached hydrogens (primary N) is 1. The van der Waals surface area contributed by atoms with E-state index in [1.165, 1.54) is 0 Å². The minimum Gasteiger partial charge on any atom is -0.394 e. The van der Waals surface area contributed by atoms with Crippen LogP contribution in [0.2, 0.25) is 0 Å². The number of hydrogen-bond donors (Lipinski definition) is 2. The fourth-order valence-corrected chi connectivity index (χ4v) is 2.95. The Morgan fingerprint density at radius 3 is 2.30 bits per heavy atom. The zero-order chi connectivity index (χ0) is 14.8. The highest BCUT2D eigenvalue weighted by Gasteiger charge is 2.34. The molecule has 0 aromatic rings. The van der Waals surface area contributed by atoms with Gasteiger partial charge in [-0.15, -0.1) is 0 Å². The number of ether oxygens (including phenoxy) is 2. The van der Waals surface area contributed by atoms with Gasteiger partial charge < -0.3 is 20.3 Å². The molecule has 0 saturated heterocycles.